The molecule has 0 aliphatic carbocycles. The first-order valence-electron chi connectivity index (χ1n) is 6.38. The van der Waals surface area contributed by atoms with Crippen LogP contribution < -0.4 is 5.32 Å². The van der Waals surface area contributed by atoms with Gasteiger partial charge in [-0.2, -0.15) is 5.26 Å². The lowest BCUT2D eigenvalue weighted by Crippen LogP contribution is -2.57. The Labute approximate surface area is 107 Å². The molecule has 18 heavy (non-hydrogen) atoms. The van der Waals surface area contributed by atoms with Gasteiger partial charge in [-0.1, -0.05) is 13.0 Å². The molecule has 96 valence electrons. The minimum atomic E-state index is -0.345. The van der Waals surface area contributed by atoms with Crippen molar-refractivity contribution in [3.8, 4) is 6.07 Å². The van der Waals surface area contributed by atoms with Gasteiger partial charge in [-0.25, -0.2) is 4.39 Å². The molecular formula is C14H18FN3. The second-order valence-electron chi connectivity index (χ2n) is 4.70. The minimum Gasteiger partial charge on any atom is -0.314 e. The molecule has 0 saturated carbocycles. The summed E-state index contributed by atoms with van der Waals surface area (Å²) in [5.74, 6) is -0.345. The molecule has 1 aromatic rings. The lowest BCUT2D eigenvalue weighted by molar-refractivity contribution is 0.137. The van der Waals surface area contributed by atoms with E-state index < -0.39 is 0 Å². The highest BCUT2D eigenvalue weighted by Crippen LogP contribution is 2.16. The summed E-state index contributed by atoms with van der Waals surface area (Å²) < 4.78 is 13.1. The molecule has 0 radical (unpaired) electrons. The first kappa shape index (κ1) is 13.0. The fraction of sp³-hybridized carbons (Fsp3) is 0.500. The summed E-state index contributed by atoms with van der Waals surface area (Å²) >= 11 is 0. The van der Waals surface area contributed by atoms with E-state index in [1.165, 1.54) is 12.1 Å². The smallest absolute Gasteiger partial charge is 0.124 e. The van der Waals surface area contributed by atoms with Crippen molar-refractivity contribution in [2.75, 3.05) is 19.6 Å². The summed E-state index contributed by atoms with van der Waals surface area (Å²) in [7, 11) is 0. The molecule has 0 bridgehead atoms. The monoisotopic (exact) mass is 247 g/mol. The van der Waals surface area contributed by atoms with Crippen LogP contribution in [0.4, 0.5) is 4.39 Å². The molecule has 1 heterocycles. The maximum Gasteiger partial charge on any atom is 0.124 e. The SMILES string of the molecule is CCCN(Cc1ccc(F)cc1C#N)C1CNC1. The summed E-state index contributed by atoms with van der Waals surface area (Å²) in [4.78, 5) is 2.37. The largest absolute Gasteiger partial charge is 0.314 e. The van der Waals surface area contributed by atoms with Crippen molar-refractivity contribution < 1.29 is 4.39 Å². The second-order valence-corrected chi connectivity index (χ2v) is 4.70. The Hall–Kier alpha value is -1.44. The first-order chi connectivity index (χ1) is 8.74. The van der Waals surface area contributed by atoms with Crippen molar-refractivity contribution >= 4 is 0 Å². The van der Waals surface area contributed by atoms with Crippen molar-refractivity contribution in [2.45, 2.75) is 25.9 Å². The number of nitrogens with zero attached hydrogens (tertiary/aromatic N) is 2. The van der Waals surface area contributed by atoms with E-state index in [1.807, 2.05) is 0 Å². The maximum atomic E-state index is 13.1. The van der Waals surface area contributed by atoms with Gasteiger partial charge in [0.15, 0.2) is 0 Å². The van der Waals surface area contributed by atoms with E-state index in [9.17, 15) is 4.39 Å². The summed E-state index contributed by atoms with van der Waals surface area (Å²) in [6.07, 6.45) is 1.08. The van der Waals surface area contributed by atoms with Gasteiger partial charge in [0.05, 0.1) is 11.6 Å². The van der Waals surface area contributed by atoms with Gasteiger partial charge in [0.1, 0.15) is 5.82 Å². The number of benzene rings is 1. The third-order valence-electron chi connectivity index (χ3n) is 3.35. The zero-order valence-corrected chi connectivity index (χ0v) is 10.6. The normalized spacial score (nSPS) is 15.4. The topological polar surface area (TPSA) is 39.1 Å². The van der Waals surface area contributed by atoms with Crippen LogP contribution in [0.5, 0.6) is 0 Å². The molecule has 0 atom stereocenters. The number of rotatable bonds is 5. The molecule has 4 heteroatoms. The van der Waals surface area contributed by atoms with Crippen LogP contribution in [0.2, 0.25) is 0 Å². The molecule has 1 saturated heterocycles. The third kappa shape index (κ3) is 2.87. The van der Waals surface area contributed by atoms with Crippen LogP contribution in [0.1, 0.15) is 24.5 Å². The van der Waals surface area contributed by atoms with Crippen LogP contribution in [0, 0.1) is 17.1 Å². The molecule has 2 rings (SSSR count). The van der Waals surface area contributed by atoms with Crippen molar-refractivity contribution in [3.63, 3.8) is 0 Å². The lowest BCUT2D eigenvalue weighted by atomic mass is 10.0. The second kappa shape index (κ2) is 5.94. The van der Waals surface area contributed by atoms with Crippen LogP contribution in [-0.2, 0) is 6.54 Å². The summed E-state index contributed by atoms with van der Waals surface area (Å²) in [6.45, 7) is 5.89. The average Bonchev–Trinajstić information content (AvgIpc) is 2.29. The number of halogens is 1. The Morgan fingerprint density at radius 3 is 2.83 bits per heavy atom. The Bertz CT molecular complexity index is 449. The van der Waals surface area contributed by atoms with Gasteiger partial charge in [-0.3, -0.25) is 4.90 Å². The highest BCUT2D eigenvalue weighted by Gasteiger charge is 2.24. The summed E-state index contributed by atoms with van der Waals surface area (Å²) in [6, 6.07) is 7.09. The molecular weight excluding hydrogens is 229 g/mol. The van der Waals surface area contributed by atoms with Gasteiger partial charge < -0.3 is 5.32 Å². The number of nitrogens with one attached hydrogen (secondary N) is 1. The van der Waals surface area contributed by atoms with E-state index in [1.54, 1.807) is 6.07 Å². The fourth-order valence-corrected chi connectivity index (χ4v) is 2.22. The Kier molecular flexibility index (Phi) is 4.29. The van der Waals surface area contributed by atoms with E-state index in [2.05, 4.69) is 23.2 Å². The highest BCUT2D eigenvalue weighted by molar-refractivity contribution is 5.37. The average molecular weight is 247 g/mol. The van der Waals surface area contributed by atoms with Gasteiger partial charge in [0.2, 0.25) is 0 Å². The molecule has 1 N–H and O–H groups in total. The zero-order valence-electron chi connectivity index (χ0n) is 10.6. The van der Waals surface area contributed by atoms with E-state index >= 15 is 0 Å². The van der Waals surface area contributed by atoms with Gasteiger partial charge in [-0.15, -0.1) is 0 Å². The molecule has 1 fully saturated rings. The molecule has 0 spiro atoms. The zero-order chi connectivity index (χ0) is 13.0. The van der Waals surface area contributed by atoms with Crippen LogP contribution in [0.25, 0.3) is 0 Å². The lowest BCUT2D eigenvalue weighted by Gasteiger charge is -2.38. The Morgan fingerprint density at radius 1 is 1.50 bits per heavy atom. The van der Waals surface area contributed by atoms with Crippen molar-refractivity contribution in [1.82, 2.24) is 10.2 Å². The number of nitriles is 1. The van der Waals surface area contributed by atoms with Gasteiger partial charge >= 0.3 is 0 Å². The molecule has 0 unspecified atom stereocenters. The van der Waals surface area contributed by atoms with Crippen LogP contribution in [-0.4, -0.2) is 30.6 Å². The minimum absolute atomic E-state index is 0.345. The molecule has 0 amide bonds. The Balaban J connectivity index is 2.13. The van der Waals surface area contributed by atoms with E-state index in [-0.39, 0.29) is 5.82 Å². The summed E-state index contributed by atoms with van der Waals surface area (Å²) in [5.41, 5.74) is 1.36. The number of hydrogen-bond donors (Lipinski definition) is 1. The van der Waals surface area contributed by atoms with Gasteiger partial charge in [0, 0.05) is 25.7 Å². The predicted molar refractivity (Wildman–Crippen MR) is 68.5 cm³/mol. The van der Waals surface area contributed by atoms with E-state index in [0.717, 1.165) is 38.2 Å². The van der Waals surface area contributed by atoms with Crippen molar-refractivity contribution in [3.05, 3.63) is 35.1 Å². The number of hydrogen-bond acceptors (Lipinski definition) is 3. The fourth-order valence-electron chi connectivity index (χ4n) is 2.22. The molecule has 0 aromatic heterocycles. The van der Waals surface area contributed by atoms with Crippen LogP contribution in [0.3, 0.4) is 0 Å². The predicted octanol–water partition coefficient (Wildman–Crippen LogP) is 1.88. The van der Waals surface area contributed by atoms with Crippen molar-refractivity contribution in [2.24, 2.45) is 0 Å². The standard InChI is InChI=1S/C14H18FN3/c1-2-5-18(14-8-17-9-14)10-11-3-4-13(15)6-12(11)7-16/h3-4,6,14,17H,2,5,8-10H2,1H3. The highest BCUT2D eigenvalue weighted by atomic mass is 19.1. The molecule has 1 aromatic carbocycles. The summed E-state index contributed by atoms with van der Waals surface area (Å²) in [5, 5.41) is 12.3. The van der Waals surface area contributed by atoms with Gasteiger partial charge in [0.25, 0.3) is 0 Å². The van der Waals surface area contributed by atoms with Crippen LogP contribution in [0.15, 0.2) is 18.2 Å². The van der Waals surface area contributed by atoms with Crippen LogP contribution >= 0.6 is 0 Å². The maximum absolute atomic E-state index is 13.1. The Morgan fingerprint density at radius 2 is 2.28 bits per heavy atom. The van der Waals surface area contributed by atoms with E-state index in [4.69, 9.17) is 5.26 Å². The van der Waals surface area contributed by atoms with E-state index in [0.29, 0.717) is 11.6 Å². The molecule has 1 aliphatic rings. The first-order valence-corrected chi connectivity index (χ1v) is 6.38. The van der Waals surface area contributed by atoms with Crippen molar-refractivity contribution in [1.29, 1.82) is 5.26 Å². The quantitative estimate of drug-likeness (QED) is 0.863. The molecule has 1 aliphatic heterocycles. The third-order valence-corrected chi connectivity index (χ3v) is 3.35. The molecule has 3 nitrogen and oxygen atoms in total. The van der Waals surface area contributed by atoms with Gasteiger partial charge in [-0.05, 0) is 30.7 Å².